The van der Waals surface area contributed by atoms with Gasteiger partial charge in [0.2, 0.25) is 0 Å². The van der Waals surface area contributed by atoms with Crippen LogP contribution in [0, 0.1) is 0 Å². The average molecular weight is 273 g/mol. The number of hydrogen-bond donors (Lipinski definition) is 1. The monoisotopic (exact) mass is 273 g/mol. The largest absolute Gasteiger partial charge is 0.493 e. The van der Waals surface area contributed by atoms with E-state index in [9.17, 15) is 4.89 Å². The summed E-state index contributed by atoms with van der Waals surface area (Å²) in [5.74, 6) is 0.776. The Morgan fingerprint density at radius 2 is 1.61 bits per heavy atom. The predicted octanol–water partition coefficient (Wildman–Crippen LogP) is 3.41. The molecule has 0 saturated heterocycles. The normalized spacial score (nSPS) is 11.6. The van der Waals surface area contributed by atoms with Crippen LogP contribution < -0.4 is 4.74 Å². The topological polar surface area (TPSA) is 47.9 Å². The van der Waals surface area contributed by atoms with Gasteiger partial charge in [-0.15, -0.1) is 0 Å². The van der Waals surface area contributed by atoms with Crippen LogP contribution in [0.25, 0.3) is 0 Å². The third kappa shape index (κ3) is 4.54. The summed E-state index contributed by atoms with van der Waals surface area (Å²) < 4.78 is 16.3. The van der Waals surface area contributed by atoms with E-state index in [2.05, 4.69) is 0 Å². The first-order chi connectivity index (χ1) is 8.65. The van der Waals surface area contributed by atoms with Gasteiger partial charge in [-0.1, -0.05) is 18.2 Å². The molecule has 0 heterocycles. The van der Waals surface area contributed by atoms with E-state index in [4.69, 9.17) is 13.8 Å². The summed E-state index contributed by atoms with van der Waals surface area (Å²) in [5.41, 5.74) is 0.914. The van der Waals surface area contributed by atoms with Crippen LogP contribution in [0.3, 0.4) is 0 Å². The number of benzene rings is 1. The minimum absolute atomic E-state index is 0.352. The number of hydrogen-bond acceptors (Lipinski definition) is 4. The van der Waals surface area contributed by atoms with E-state index >= 15 is 0 Å². The molecule has 0 aliphatic heterocycles. The van der Waals surface area contributed by atoms with Crippen molar-refractivity contribution in [2.24, 2.45) is 0 Å². The molecule has 1 rings (SSSR count). The lowest BCUT2D eigenvalue weighted by molar-refractivity contribution is 0.188. The molecule has 0 unspecified atom stereocenters. The summed E-state index contributed by atoms with van der Waals surface area (Å²) in [6, 6.07) is 7.64. The zero-order valence-electron chi connectivity index (χ0n) is 11.3. The zero-order valence-corrected chi connectivity index (χ0v) is 12.2. The lowest BCUT2D eigenvalue weighted by Crippen LogP contribution is -2.07. The molecule has 0 bridgehead atoms. The van der Waals surface area contributed by atoms with Crippen LogP contribution in [-0.4, -0.2) is 24.7 Å². The molecule has 0 amide bonds. The first kappa shape index (κ1) is 15.4. The van der Waals surface area contributed by atoms with Crippen LogP contribution in [0.5, 0.6) is 5.75 Å². The van der Waals surface area contributed by atoms with Crippen molar-refractivity contribution in [1.82, 2.24) is 0 Å². The second-order valence-corrected chi connectivity index (χ2v) is 5.78. The molecular formula is C13H22O4P+. The number of ether oxygens (including phenoxy) is 1. The van der Waals surface area contributed by atoms with E-state index in [1.54, 1.807) is 0 Å². The molecule has 102 valence electrons. The highest BCUT2D eigenvalue weighted by Gasteiger charge is 2.41. The average Bonchev–Trinajstić information content (AvgIpc) is 2.32. The molecule has 0 aromatic heterocycles. The number of para-hydroxylation sites is 1. The third-order valence-corrected chi connectivity index (χ3v) is 4.37. The van der Waals surface area contributed by atoms with Crippen LogP contribution in [0.4, 0.5) is 0 Å². The van der Waals surface area contributed by atoms with E-state index in [0.29, 0.717) is 26.0 Å². The Kier molecular flexibility index (Phi) is 6.58. The quantitative estimate of drug-likeness (QED) is 0.737. The fraction of sp³-hybridized carbons (Fsp3) is 0.538. The Hall–Kier alpha value is -0.670. The molecular weight excluding hydrogens is 251 g/mol. The molecule has 0 spiro atoms. The summed E-state index contributed by atoms with van der Waals surface area (Å²) in [6.45, 7) is 7.08. The van der Waals surface area contributed by atoms with E-state index in [1.165, 1.54) is 0 Å². The SMILES string of the molecule is CCOc1ccccc1C[P+](O)(OCC)OCC. The maximum absolute atomic E-state index is 10.4. The fourth-order valence-corrected chi connectivity index (χ4v) is 3.43. The Morgan fingerprint density at radius 3 is 2.17 bits per heavy atom. The molecule has 4 nitrogen and oxygen atoms in total. The van der Waals surface area contributed by atoms with Gasteiger partial charge in [0.25, 0.3) is 0 Å². The Labute approximate surface area is 109 Å². The molecule has 1 aromatic rings. The molecule has 0 atom stereocenters. The molecule has 5 heteroatoms. The van der Waals surface area contributed by atoms with Crippen LogP contribution >= 0.6 is 7.94 Å². The van der Waals surface area contributed by atoms with Gasteiger partial charge in [0.05, 0.1) is 19.8 Å². The van der Waals surface area contributed by atoms with Gasteiger partial charge in [-0.2, -0.15) is 13.9 Å². The van der Waals surface area contributed by atoms with Crippen molar-refractivity contribution in [2.75, 3.05) is 19.8 Å². The van der Waals surface area contributed by atoms with Crippen molar-refractivity contribution in [3.8, 4) is 5.75 Å². The minimum atomic E-state index is -2.82. The minimum Gasteiger partial charge on any atom is -0.493 e. The summed E-state index contributed by atoms with van der Waals surface area (Å²) in [6.07, 6.45) is 0.352. The van der Waals surface area contributed by atoms with E-state index in [-0.39, 0.29) is 0 Å². The lowest BCUT2D eigenvalue weighted by atomic mass is 10.2. The molecule has 0 radical (unpaired) electrons. The van der Waals surface area contributed by atoms with Gasteiger partial charge < -0.3 is 4.74 Å². The van der Waals surface area contributed by atoms with Gasteiger partial charge in [-0.3, -0.25) is 0 Å². The highest BCUT2D eigenvalue weighted by atomic mass is 31.2. The molecule has 1 N–H and O–H groups in total. The molecule has 0 saturated carbocycles. The van der Waals surface area contributed by atoms with Crippen LogP contribution in [0.15, 0.2) is 24.3 Å². The first-order valence-electron chi connectivity index (χ1n) is 6.25. The van der Waals surface area contributed by atoms with Gasteiger partial charge in [0, 0.05) is 5.56 Å². The molecule has 0 aliphatic rings. The van der Waals surface area contributed by atoms with Crippen molar-refractivity contribution >= 4 is 7.94 Å². The van der Waals surface area contributed by atoms with Crippen LogP contribution in [-0.2, 0) is 15.2 Å². The van der Waals surface area contributed by atoms with Crippen molar-refractivity contribution in [1.29, 1.82) is 0 Å². The van der Waals surface area contributed by atoms with E-state index < -0.39 is 7.94 Å². The molecule has 0 fully saturated rings. The maximum atomic E-state index is 10.4. The summed E-state index contributed by atoms with van der Waals surface area (Å²) >= 11 is 0. The Bertz CT molecular complexity index is 351. The van der Waals surface area contributed by atoms with Crippen molar-refractivity contribution in [2.45, 2.75) is 26.9 Å². The fourth-order valence-electron chi connectivity index (χ4n) is 1.68. The predicted molar refractivity (Wildman–Crippen MR) is 73.7 cm³/mol. The zero-order chi connectivity index (χ0) is 13.4. The van der Waals surface area contributed by atoms with E-state index in [0.717, 1.165) is 11.3 Å². The molecule has 18 heavy (non-hydrogen) atoms. The smallest absolute Gasteiger partial charge is 0.413 e. The lowest BCUT2D eigenvalue weighted by Gasteiger charge is -2.17. The molecule has 0 aliphatic carbocycles. The summed E-state index contributed by atoms with van der Waals surface area (Å²) in [5, 5.41) is 0. The number of rotatable bonds is 8. The van der Waals surface area contributed by atoms with Crippen molar-refractivity contribution < 1.29 is 18.7 Å². The second-order valence-electron chi connectivity index (χ2n) is 3.67. The van der Waals surface area contributed by atoms with Crippen LogP contribution in [0.1, 0.15) is 26.3 Å². The second kappa shape index (κ2) is 7.70. The third-order valence-electron chi connectivity index (χ3n) is 2.30. The Morgan fingerprint density at radius 1 is 1.00 bits per heavy atom. The van der Waals surface area contributed by atoms with Gasteiger partial charge in [-0.05, 0) is 26.8 Å². The van der Waals surface area contributed by atoms with Gasteiger partial charge in [0.15, 0.2) is 6.16 Å². The van der Waals surface area contributed by atoms with Crippen molar-refractivity contribution in [3.63, 3.8) is 0 Å². The van der Waals surface area contributed by atoms with Crippen molar-refractivity contribution in [3.05, 3.63) is 29.8 Å². The highest BCUT2D eigenvalue weighted by Crippen LogP contribution is 2.60. The summed E-state index contributed by atoms with van der Waals surface area (Å²) in [7, 11) is -2.82. The first-order valence-corrected chi connectivity index (χ1v) is 8.02. The Balaban J connectivity index is 2.85. The van der Waals surface area contributed by atoms with Gasteiger partial charge in [0.1, 0.15) is 5.75 Å². The van der Waals surface area contributed by atoms with Gasteiger partial charge in [-0.25, -0.2) is 0 Å². The molecule has 1 aromatic carbocycles. The van der Waals surface area contributed by atoms with E-state index in [1.807, 2.05) is 45.0 Å². The summed E-state index contributed by atoms with van der Waals surface area (Å²) in [4.78, 5) is 10.4. The van der Waals surface area contributed by atoms with Crippen LogP contribution in [0.2, 0.25) is 0 Å². The highest BCUT2D eigenvalue weighted by molar-refractivity contribution is 7.59. The maximum Gasteiger partial charge on any atom is 0.413 e. The van der Waals surface area contributed by atoms with Gasteiger partial charge >= 0.3 is 7.94 Å². The standard InChI is InChI=1S/C13H22O4P/c1-4-15-13-10-8-7-9-12(13)11-18(14,16-5-2)17-6-3/h7-10,14H,4-6,11H2,1-3H3/q+1.